The summed E-state index contributed by atoms with van der Waals surface area (Å²) in [4.78, 5) is 21.5. The van der Waals surface area contributed by atoms with Crippen molar-refractivity contribution in [1.29, 1.82) is 0 Å². The Morgan fingerprint density at radius 2 is 2.45 bits per heavy atom. The van der Waals surface area contributed by atoms with Crippen molar-refractivity contribution in [3.05, 3.63) is 0 Å². The summed E-state index contributed by atoms with van der Waals surface area (Å²) in [5.74, 6) is -0.497. The molecule has 0 saturated carbocycles. The lowest BCUT2D eigenvalue weighted by Crippen LogP contribution is -2.48. The number of cyclic esters (lactones) is 1. The van der Waals surface area contributed by atoms with Gasteiger partial charge in [0.05, 0.1) is 7.11 Å². The van der Waals surface area contributed by atoms with Gasteiger partial charge in [-0.1, -0.05) is 0 Å². The summed E-state index contributed by atoms with van der Waals surface area (Å²) in [5.41, 5.74) is -1.01. The maximum absolute atomic E-state index is 11.0. The number of alkyl carbamates (subject to hydrolysis) is 1. The minimum Gasteiger partial charge on any atom is -0.467 e. The fourth-order valence-corrected chi connectivity index (χ4v) is 0.843. The van der Waals surface area contributed by atoms with Crippen LogP contribution in [0.1, 0.15) is 6.92 Å². The van der Waals surface area contributed by atoms with Crippen molar-refractivity contribution < 1.29 is 19.1 Å². The molecule has 1 aliphatic heterocycles. The van der Waals surface area contributed by atoms with Crippen molar-refractivity contribution in [2.75, 3.05) is 13.7 Å². The molecular weight excluding hydrogens is 150 g/mol. The Hall–Kier alpha value is -1.26. The van der Waals surface area contributed by atoms with Gasteiger partial charge in [0.2, 0.25) is 0 Å². The van der Waals surface area contributed by atoms with E-state index in [-0.39, 0.29) is 6.61 Å². The van der Waals surface area contributed by atoms with Crippen LogP contribution in [0.15, 0.2) is 0 Å². The average Bonchev–Trinajstić information content (AvgIpc) is 2.31. The van der Waals surface area contributed by atoms with Crippen LogP contribution in [0, 0.1) is 0 Å². The number of esters is 1. The summed E-state index contributed by atoms with van der Waals surface area (Å²) in [5, 5.41) is 2.35. The first-order valence-corrected chi connectivity index (χ1v) is 3.12. The number of nitrogens with one attached hydrogen (secondary N) is 1. The lowest BCUT2D eigenvalue weighted by molar-refractivity contribution is -0.147. The Morgan fingerprint density at radius 1 is 1.82 bits per heavy atom. The third kappa shape index (κ3) is 1.26. The summed E-state index contributed by atoms with van der Waals surface area (Å²) in [6.45, 7) is 1.57. The third-order valence-corrected chi connectivity index (χ3v) is 1.51. The predicted octanol–water partition coefficient (Wildman–Crippen LogP) is -0.342. The first kappa shape index (κ1) is 7.84. The van der Waals surface area contributed by atoms with E-state index in [0.717, 1.165) is 0 Å². The molecule has 1 atom stereocenters. The molecule has 62 valence electrons. The van der Waals surface area contributed by atoms with Crippen molar-refractivity contribution in [2.24, 2.45) is 0 Å². The van der Waals surface area contributed by atoms with E-state index in [4.69, 9.17) is 0 Å². The molecule has 1 amide bonds. The Bertz CT molecular complexity index is 203. The van der Waals surface area contributed by atoms with Crippen LogP contribution in [0.25, 0.3) is 0 Å². The Labute approximate surface area is 63.7 Å². The van der Waals surface area contributed by atoms with E-state index in [1.807, 2.05) is 0 Å². The number of hydrogen-bond acceptors (Lipinski definition) is 4. The average molecular weight is 159 g/mol. The second-order valence-corrected chi connectivity index (χ2v) is 2.52. The van der Waals surface area contributed by atoms with E-state index in [1.54, 1.807) is 6.92 Å². The Morgan fingerprint density at radius 3 is 2.82 bits per heavy atom. The van der Waals surface area contributed by atoms with Gasteiger partial charge in [0.25, 0.3) is 0 Å². The minimum atomic E-state index is -1.01. The van der Waals surface area contributed by atoms with Gasteiger partial charge in [-0.3, -0.25) is 0 Å². The number of methoxy groups -OCH3 is 1. The van der Waals surface area contributed by atoms with Crippen LogP contribution in [0.2, 0.25) is 0 Å². The molecule has 0 aromatic heterocycles. The first-order valence-electron chi connectivity index (χ1n) is 3.12. The topological polar surface area (TPSA) is 64.6 Å². The monoisotopic (exact) mass is 159 g/mol. The van der Waals surface area contributed by atoms with Gasteiger partial charge in [0, 0.05) is 0 Å². The number of carbonyl (C=O) groups is 2. The lowest BCUT2D eigenvalue weighted by Gasteiger charge is -2.16. The van der Waals surface area contributed by atoms with Crippen molar-refractivity contribution in [3.63, 3.8) is 0 Å². The van der Waals surface area contributed by atoms with E-state index in [1.165, 1.54) is 7.11 Å². The number of amides is 1. The zero-order valence-electron chi connectivity index (χ0n) is 6.34. The predicted molar refractivity (Wildman–Crippen MR) is 34.9 cm³/mol. The molecule has 0 aromatic rings. The van der Waals surface area contributed by atoms with Crippen LogP contribution in [0.5, 0.6) is 0 Å². The molecule has 0 bridgehead atoms. The zero-order valence-corrected chi connectivity index (χ0v) is 6.34. The number of rotatable bonds is 1. The van der Waals surface area contributed by atoms with Crippen molar-refractivity contribution in [3.8, 4) is 0 Å². The van der Waals surface area contributed by atoms with E-state index in [2.05, 4.69) is 14.8 Å². The highest BCUT2D eigenvalue weighted by atomic mass is 16.6. The molecule has 0 radical (unpaired) electrons. The normalized spacial score (nSPS) is 29.1. The number of hydrogen-bond donors (Lipinski definition) is 1. The smallest absolute Gasteiger partial charge is 0.408 e. The van der Waals surface area contributed by atoms with Crippen LogP contribution in [-0.2, 0) is 14.3 Å². The largest absolute Gasteiger partial charge is 0.467 e. The molecule has 1 fully saturated rings. The second kappa shape index (κ2) is 2.41. The summed E-state index contributed by atoms with van der Waals surface area (Å²) in [6.07, 6.45) is -0.585. The molecule has 1 aliphatic rings. The van der Waals surface area contributed by atoms with Crippen LogP contribution >= 0.6 is 0 Å². The molecule has 11 heavy (non-hydrogen) atoms. The molecule has 5 nitrogen and oxygen atoms in total. The van der Waals surface area contributed by atoms with E-state index < -0.39 is 17.6 Å². The highest BCUT2D eigenvalue weighted by Crippen LogP contribution is 2.12. The Kier molecular flexibility index (Phi) is 1.72. The van der Waals surface area contributed by atoms with Gasteiger partial charge >= 0.3 is 12.1 Å². The van der Waals surface area contributed by atoms with Gasteiger partial charge in [0.1, 0.15) is 6.61 Å². The molecule has 1 rings (SSSR count). The van der Waals surface area contributed by atoms with Crippen LogP contribution in [0.4, 0.5) is 4.79 Å². The van der Waals surface area contributed by atoms with Crippen LogP contribution in [0.3, 0.4) is 0 Å². The van der Waals surface area contributed by atoms with E-state index in [9.17, 15) is 9.59 Å². The Balaban J connectivity index is 2.69. The number of ether oxygens (including phenoxy) is 2. The zero-order chi connectivity index (χ0) is 8.48. The molecule has 5 heteroatoms. The molecule has 1 heterocycles. The summed E-state index contributed by atoms with van der Waals surface area (Å²) >= 11 is 0. The van der Waals surface area contributed by atoms with Gasteiger partial charge in [0.15, 0.2) is 5.54 Å². The van der Waals surface area contributed by atoms with Crippen molar-refractivity contribution >= 4 is 12.1 Å². The maximum Gasteiger partial charge on any atom is 0.408 e. The van der Waals surface area contributed by atoms with Gasteiger partial charge in [-0.25, -0.2) is 9.59 Å². The molecule has 0 aliphatic carbocycles. The van der Waals surface area contributed by atoms with Gasteiger partial charge < -0.3 is 14.8 Å². The minimum absolute atomic E-state index is 0.0263. The molecule has 1 saturated heterocycles. The SMILES string of the molecule is COC(=O)C1(C)COC(=O)N1. The first-order chi connectivity index (χ1) is 5.08. The van der Waals surface area contributed by atoms with E-state index in [0.29, 0.717) is 0 Å². The molecule has 1 unspecified atom stereocenters. The van der Waals surface area contributed by atoms with Gasteiger partial charge in [-0.2, -0.15) is 0 Å². The number of carbonyl (C=O) groups excluding carboxylic acids is 2. The highest BCUT2D eigenvalue weighted by molar-refractivity contribution is 5.87. The lowest BCUT2D eigenvalue weighted by atomic mass is 10.1. The molecular formula is C6H9NO4. The maximum atomic E-state index is 11.0. The fraction of sp³-hybridized carbons (Fsp3) is 0.667. The molecule has 1 N–H and O–H groups in total. The van der Waals surface area contributed by atoms with Gasteiger partial charge in [-0.15, -0.1) is 0 Å². The van der Waals surface area contributed by atoms with Crippen LogP contribution in [-0.4, -0.2) is 31.3 Å². The quantitative estimate of drug-likeness (QED) is 0.531. The van der Waals surface area contributed by atoms with E-state index >= 15 is 0 Å². The summed E-state index contributed by atoms with van der Waals surface area (Å²) in [7, 11) is 1.26. The molecule has 0 spiro atoms. The third-order valence-electron chi connectivity index (χ3n) is 1.51. The summed E-state index contributed by atoms with van der Waals surface area (Å²) in [6, 6.07) is 0. The molecule has 0 aromatic carbocycles. The van der Waals surface area contributed by atoms with Gasteiger partial charge in [-0.05, 0) is 6.92 Å². The van der Waals surface area contributed by atoms with Crippen LogP contribution < -0.4 is 5.32 Å². The fourth-order valence-electron chi connectivity index (χ4n) is 0.843. The summed E-state index contributed by atoms with van der Waals surface area (Å²) < 4.78 is 8.99. The standard InChI is InChI=1S/C6H9NO4/c1-6(4(8)10-2)3-11-5(9)7-6/h3H2,1-2H3,(H,7,9). The second-order valence-electron chi connectivity index (χ2n) is 2.52. The van der Waals surface area contributed by atoms with Crippen molar-refractivity contribution in [1.82, 2.24) is 5.32 Å². The highest BCUT2D eigenvalue weighted by Gasteiger charge is 2.42. The van der Waals surface area contributed by atoms with Crippen molar-refractivity contribution in [2.45, 2.75) is 12.5 Å².